The summed E-state index contributed by atoms with van der Waals surface area (Å²) in [6.45, 7) is 0.756. The van der Waals surface area contributed by atoms with E-state index >= 15 is 0 Å². The van der Waals surface area contributed by atoms with E-state index in [0.29, 0.717) is 0 Å². The summed E-state index contributed by atoms with van der Waals surface area (Å²) in [5, 5.41) is 0. The molecule has 0 radical (unpaired) electrons. The van der Waals surface area contributed by atoms with Gasteiger partial charge < -0.3 is 5.73 Å². The van der Waals surface area contributed by atoms with E-state index in [1.165, 1.54) is 11.5 Å². The second kappa shape index (κ2) is 4.65. The number of rotatable bonds is 4. The van der Waals surface area contributed by atoms with Crippen LogP contribution in [0.25, 0.3) is 0 Å². The first-order valence-corrected chi connectivity index (χ1v) is 4.79. The molecule has 0 saturated heterocycles. The van der Waals surface area contributed by atoms with Crippen LogP contribution in [-0.4, -0.2) is 21.7 Å². The van der Waals surface area contributed by atoms with Crippen molar-refractivity contribution in [3.8, 4) is 0 Å². The van der Waals surface area contributed by atoms with E-state index in [2.05, 4.69) is 9.36 Å². The maximum Gasteiger partial charge on any atom is 0.169 e. The van der Waals surface area contributed by atoms with Crippen LogP contribution in [0.2, 0.25) is 0 Å². The van der Waals surface area contributed by atoms with Crippen molar-refractivity contribution in [2.24, 2.45) is 5.73 Å². The lowest BCUT2D eigenvalue weighted by atomic mass is 10.5. The van der Waals surface area contributed by atoms with Gasteiger partial charge in [-0.2, -0.15) is 4.37 Å². The second-order valence-corrected chi connectivity index (χ2v) is 3.82. The minimum absolute atomic E-state index is 0.756. The van der Waals surface area contributed by atoms with E-state index in [4.69, 9.17) is 5.73 Å². The van der Waals surface area contributed by atoms with Gasteiger partial charge in [0.1, 0.15) is 6.33 Å². The number of aromatic nitrogens is 2. The molecular weight excluding hydrogens is 166 g/mol. The van der Waals surface area contributed by atoms with E-state index in [-0.39, 0.29) is 0 Å². The molecule has 0 aliphatic carbocycles. The second-order valence-electron chi connectivity index (χ2n) is 1.70. The number of nitrogens with two attached hydrogens (primary N) is 1. The molecule has 0 atom stereocenters. The summed E-state index contributed by atoms with van der Waals surface area (Å²) in [5.41, 5.74) is 5.32. The van der Waals surface area contributed by atoms with Crippen LogP contribution in [0.4, 0.5) is 0 Å². The van der Waals surface area contributed by atoms with Gasteiger partial charge in [0.25, 0.3) is 0 Å². The highest BCUT2D eigenvalue weighted by Crippen LogP contribution is 2.18. The molecule has 1 rings (SSSR count). The van der Waals surface area contributed by atoms with Gasteiger partial charge in [-0.3, -0.25) is 0 Å². The largest absolute Gasteiger partial charge is 0.330 e. The Kier molecular flexibility index (Phi) is 3.71. The van der Waals surface area contributed by atoms with Gasteiger partial charge in [-0.05, 0) is 24.5 Å². The Morgan fingerprint density at radius 2 is 2.60 bits per heavy atom. The smallest absolute Gasteiger partial charge is 0.169 e. The number of hydrogen-bond donors (Lipinski definition) is 1. The fourth-order valence-electron chi connectivity index (χ4n) is 0.469. The molecule has 0 fully saturated rings. The SMILES string of the molecule is NCCCSc1ncns1. The van der Waals surface area contributed by atoms with Crippen molar-refractivity contribution in [2.75, 3.05) is 12.3 Å². The Balaban J connectivity index is 2.15. The van der Waals surface area contributed by atoms with Gasteiger partial charge in [0.05, 0.1) is 0 Å². The van der Waals surface area contributed by atoms with Gasteiger partial charge in [0.15, 0.2) is 4.34 Å². The zero-order valence-electron chi connectivity index (χ0n) is 5.49. The summed E-state index contributed by atoms with van der Waals surface area (Å²) in [4.78, 5) is 4.02. The number of thioether (sulfide) groups is 1. The molecule has 1 heterocycles. The Labute approximate surface area is 68.2 Å². The summed E-state index contributed by atoms with van der Waals surface area (Å²) in [7, 11) is 0. The van der Waals surface area contributed by atoms with Crippen LogP contribution in [0.15, 0.2) is 10.7 Å². The standard InChI is InChI=1S/C5H9N3S2/c6-2-1-3-9-5-7-4-8-10-5/h4H,1-3,6H2. The highest BCUT2D eigenvalue weighted by Gasteiger charge is 1.94. The lowest BCUT2D eigenvalue weighted by Gasteiger charge is -1.91. The Morgan fingerprint density at radius 1 is 1.70 bits per heavy atom. The van der Waals surface area contributed by atoms with Crippen molar-refractivity contribution in [1.29, 1.82) is 0 Å². The fourth-order valence-corrected chi connectivity index (χ4v) is 1.95. The molecule has 2 N–H and O–H groups in total. The number of nitrogens with zero attached hydrogens (tertiary/aromatic N) is 2. The maximum atomic E-state index is 5.32. The number of hydrogen-bond acceptors (Lipinski definition) is 5. The lowest BCUT2D eigenvalue weighted by molar-refractivity contribution is 0.942. The fraction of sp³-hybridized carbons (Fsp3) is 0.600. The zero-order valence-corrected chi connectivity index (χ0v) is 7.12. The molecule has 1 aromatic heterocycles. The van der Waals surface area contributed by atoms with Crippen LogP contribution in [-0.2, 0) is 0 Å². The predicted molar refractivity (Wildman–Crippen MR) is 44.3 cm³/mol. The summed E-state index contributed by atoms with van der Waals surface area (Å²) >= 11 is 3.15. The van der Waals surface area contributed by atoms with Gasteiger partial charge in [-0.15, -0.1) is 0 Å². The first-order chi connectivity index (χ1) is 4.93. The average Bonchev–Trinajstić information content (AvgIpc) is 2.41. The molecule has 5 heteroatoms. The Bertz CT molecular complexity index is 163. The van der Waals surface area contributed by atoms with Crippen molar-refractivity contribution >= 4 is 23.3 Å². The Morgan fingerprint density at radius 3 is 3.20 bits per heavy atom. The van der Waals surface area contributed by atoms with Crippen molar-refractivity contribution < 1.29 is 0 Å². The van der Waals surface area contributed by atoms with Crippen LogP contribution in [0.1, 0.15) is 6.42 Å². The molecule has 0 unspecified atom stereocenters. The van der Waals surface area contributed by atoms with E-state index in [0.717, 1.165) is 23.1 Å². The van der Waals surface area contributed by atoms with E-state index in [1.807, 2.05) is 0 Å². The first-order valence-electron chi connectivity index (χ1n) is 3.03. The molecule has 0 saturated carbocycles. The highest BCUT2D eigenvalue weighted by atomic mass is 32.2. The minimum atomic E-state index is 0.756. The third-order valence-corrected chi connectivity index (χ3v) is 2.80. The van der Waals surface area contributed by atoms with Gasteiger partial charge in [-0.25, -0.2) is 4.98 Å². The molecule has 0 aliphatic rings. The van der Waals surface area contributed by atoms with Gasteiger partial charge in [-0.1, -0.05) is 11.8 Å². The van der Waals surface area contributed by atoms with Gasteiger partial charge >= 0.3 is 0 Å². The lowest BCUT2D eigenvalue weighted by Crippen LogP contribution is -1.98. The zero-order chi connectivity index (χ0) is 7.23. The van der Waals surface area contributed by atoms with Crippen molar-refractivity contribution in [3.63, 3.8) is 0 Å². The van der Waals surface area contributed by atoms with E-state index < -0.39 is 0 Å². The molecule has 0 amide bonds. The predicted octanol–water partition coefficient (Wildman–Crippen LogP) is 0.979. The van der Waals surface area contributed by atoms with Crippen LogP contribution in [0.5, 0.6) is 0 Å². The van der Waals surface area contributed by atoms with Crippen molar-refractivity contribution in [2.45, 2.75) is 10.8 Å². The molecule has 0 aromatic carbocycles. The van der Waals surface area contributed by atoms with Gasteiger partial charge in [0.2, 0.25) is 0 Å². The molecule has 10 heavy (non-hydrogen) atoms. The van der Waals surface area contributed by atoms with Crippen LogP contribution in [0, 0.1) is 0 Å². The van der Waals surface area contributed by atoms with Crippen LogP contribution in [0.3, 0.4) is 0 Å². The molecule has 0 spiro atoms. The van der Waals surface area contributed by atoms with Crippen molar-refractivity contribution in [3.05, 3.63) is 6.33 Å². The highest BCUT2D eigenvalue weighted by molar-refractivity contribution is 8.00. The first kappa shape index (κ1) is 7.97. The molecule has 0 aliphatic heterocycles. The topological polar surface area (TPSA) is 51.8 Å². The van der Waals surface area contributed by atoms with Crippen LogP contribution < -0.4 is 5.73 Å². The minimum Gasteiger partial charge on any atom is -0.330 e. The normalized spacial score (nSPS) is 10.1. The monoisotopic (exact) mass is 175 g/mol. The summed E-state index contributed by atoms with van der Waals surface area (Å²) < 4.78 is 4.91. The van der Waals surface area contributed by atoms with Gasteiger partial charge in [0, 0.05) is 5.75 Å². The van der Waals surface area contributed by atoms with E-state index in [9.17, 15) is 0 Å². The summed E-state index contributed by atoms with van der Waals surface area (Å²) in [6, 6.07) is 0. The third-order valence-electron chi connectivity index (χ3n) is 0.915. The molecule has 1 aromatic rings. The maximum absolute atomic E-state index is 5.32. The molecule has 3 nitrogen and oxygen atoms in total. The Hall–Kier alpha value is -0.130. The third kappa shape index (κ3) is 2.64. The van der Waals surface area contributed by atoms with Crippen molar-refractivity contribution in [1.82, 2.24) is 9.36 Å². The molecule has 56 valence electrons. The average molecular weight is 175 g/mol. The van der Waals surface area contributed by atoms with E-state index in [1.54, 1.807) is 18.1 Å². The molecule has 0 bridgehead atoms. The summed E-state index contributed by atoms with van der Waals surface area (Å²) in [6.07, 6.45) is 2.62. The quantitative estimate of drug-likeness (QED) is 0.547. The summed E-state index contributed by atoms with van der Waals surface area (Å²) in [5.74, 6) is 1.05. The van der Waals surface area contributed by atoms with Crippen LogP contribution >= 0.6 is 23.3 Å². The molecular formula is C5H9N3S2.